The van der Waals surface area contributed by atoms with Gasteiger partial charge in [-0.15, -0.1) is 11.3 Å². The van der Waals surface area contributed by atoms with Gasteiger partial charge in [0.25, 0.3) is 5.91 Å². The van der Waals surface area contributed by atoms with Crippen LogP contribution in [0.5, 0.6) is 0 Å². The van der Waals surface area contributed by atoms with Crippen LogP contribution in [0.4, 0.5) is 5.69 Å². The molecule has 0 aliphatic rings. The molecule has 3 rings (SSSR count). The van der Waals surface area contributed by atoms with Gasteiger partial charge in [0, 0.05) is 22.2 Å². The van der Waals surface area contributed by atoms with Crippen molar-refractivity contribution in [1.82, 2.24) is 9.71 Å². The largest absolute Gasteiger partial charge is 0.321 e. The zero-order chi connectivity index (χ0) is 20.5. The molecule has 0 saturated heterocycles. The van der Waals surface area contributed by atoms with Crippen LogP contribution in [-0.2, 0) is 10.0 Å². The number of thiophene rings is 1. The first kappa shape index (κ1) is 20.7. The summed E-state index contributed by atoms with van der Waals surface area (Å²) in [5.41, 5.74) is 1.43. The molecule has 148 valence electrons. The SMILES string of the molecule is Cc1nc(-c2ccsc2)sc1C(=O)Nc1cccc(S(=O)(=O)NC(C)(C)C)c1. The molecule has 0 spiro atoms. The molecular formula is C19H21N3O3S3. The van der Waals surface area contributed by atoms with E-state index in [0.717, 1.165) is 10.6 Å². The summed E-state index contributed by atoms with van der Waals surface area (Å²) in [7, 11) is -3.68. The Bertz CT molecular complexity index is 1100. The Morgan fingerprint density at radius 3 is 2.57 bits per heavy atom. The zero-order valence-electron chi connectivity index (χ0n) is 15.9. The standard InChI is InChI=1S/C19H21N3O3S3/c1-12-16(27-18(20-12)13-8-9-26-11-13)17(23)21-14-6-5-7-15(10-14)28(24,25)22-19(2,3)4/h5-11,22H,1-4H3,(H,21,23). The van der Waals surface area contributed by atoms with Crippen LogP contribution in [0.1, 0.15) is 36.1 Å². The van der Waals surface area contributed by atoms with Gasteiger partial charge in [0.2, 0.25) is 10.0 Å². The molecule has 1 amide bonds. The Labute approximate surface area is 172 Å². The van der Waals surface area contributed by atoms with Crippen molar-refractivity contribution in [2.24, 2.45) is 0 Å². The molecule has 2 heterocycles. The summed E-state index contributed by atoms with van der Waals surface area (Å²) in [4.78, 5) is 17.8. The van der Waals surface area contributed by atoms with E-state index in [1.807, 2.05) is 16.8 Å². The fourth-order valence-electron chi connectivity index (χ4n) is 2.51. The monoisotopic (exact) mass is 435 g/mol. The van der Waals surface area contributed by atoms with Gasteiger partial charge < -0.3 is 5.32 Å². The summed E-state index contributed by atoms with van der Waals surface area (Å²) in [6.45, 7) is 7.10. The number of carbonyl (C=O) groups is 1. The molecule has 0 atom stereocenters. The summed E-state index contributed by atoms with van der Waals surface area (Å²) in [5.74, 6) is -0.310. The number of anilines is 1. The Morgan fingerprint density at radius 1 is 1.18 bits per heavy atom. The number of sulfonamides is 1. The summed E-state index contributed by atoms with van der Waals surface area (Å²) < 4.78 is 27.6. The number of rotatable bonds is 5. The molecule has 9 heteroatoms. The van der Waals surface area contributed by atoms with Gasteiger partial charge in [0.15, 0.2) is 0 Å². The fourth-order valence-corrected chi connectivity index (χ4v) is 5.64. The van der Waals surface area contributed by atoms with Crippen LogP contribution >= 0.6 is 22.7 Å². The van der Waals surface area contributed by atoms with Crippen LogP contribution in [-0.4, -0.2) is 24.8 Å². The van der Waals surface area contributed by atoms with E-state index in [2.05, 4.69) is 15.0 Å². The van der Waals surface area contributed by atoms with Crippen LogP contribution in [0, 0.1) is 6.92 Å². The molecular weight excluding hydrogens is 414 g/mol. The molecule has 1 aromatic carbocycles. The van der Waals surface area contributed by atoms with Gasteiger partial charge >= 0.3 is 0 Å². The number of hydrogen-bond donors (Lipinski definition) is 2. The van der Waals surface area contributed by atoms with Gasteiger partial charge in [0.05, 0.1) is 10.6 Å². The summed E-state index contributed by atoms with van der Waals surface area (Å²) in [5, 5.41) is 7.51. The van der Waals surface area contributed by atoms with E-state index >= 15 is 0 Å². The third-order valence-electron chi connectivity index (χ3n) is 3.61. The molecule has 0 bridgehead atoms. The molecule has 0 unspecified atom stereocenters. The number of aromatic nitrogens is 1. The van der Waals surface area contributed by atoms with Gasteiger partial charge in [-0.1, -0.05) is 6.07 Å². The Balaban J connectivity index is 1.82. The van der Waals surface area contributed by atoms with Crippen molar-refractivity contribution in [3.8, 4) is 10.6 Å². The molecule has 2 aromatic heterocycles. The molecule has 2 N–H and O–H groups in total. The minimum atomic E-state index is -3.68. The Morgan fingerprint density at radius 2 is 1.93 bits per heavy atom. The first-order chi connectivity index (χ1) is 13.0. The second-order valence-electron chi connectivity index (χ2n) is 7.28. The first-order valence-corrected chi connectivity index (χ1v) is 11.7. The van der Waals surface area contributed by atoms with E-state index in [9.17, 15) is 13.2 Å². The number of carbonyl (C=O) groups excluding carboxylic acids is 1. The van der Waals surface area contributed by atoms with E-state index in [-0.39, 0.29) is 10.8 Å². The van der Waals surface area contributed by atoms with Crippen LogP contribution < -0.4 is 10.0 Å². The van der Waals surface area contributed by atoms with Crippen molar-refractivity contribution in [3.63, 3.8) is 0 Å². The lowest BCUT2D eigenvalue weighted by Crippen LogP contribution is -2.40. The maximum atomic E-state index is 12.7. The summed E-state index contributed by atoms with van der Waals surface area (Å²) in [6.07, 6.45) is 0. The average Bonchev–Trinajstić information content (AvgIpc) is 3.22. The number of amides is 1. The number of nitrogens with zero attached hydrogens (tertiary/aromatic N) is 1. The number of nitrogens with one attached hydrogen (secondary N) is 2. The van der Waals surface area contributed by atoms with Crippen molar-refractivity contribution in [2.45, 2.75) is 38.1 Å². The predicted octanol–water partition coefficient (Wildman–Crippen LogP) is 4.51. The topological polar surface area (TPSA) is 88.2 Å². The zero-order valence-corrected chi connectivity index (χ0v) is 18.4. The molecule has 0 saturated carbocycles. The third kappa shape index (κ3) is 4.85. The number of hydrogen-bond acceptors (Lipinski definition) is 6. The van der Waals surface area contributed by atoms with Crippen LogP contribution in [0.2, 0.25) is 0 Å². The highest BCUT2D eigenvalue weighted by molar-refractivity contribution is 7.89. The van der Waals surface area contributed by atoms with Crippen molar-refractivity contribution in [3.05, 3.63) is 51.7 Å². The lowest BCUT2D eigenvalue weighted by atomic mass is 10.1. The van der Waals surface area contributed by atoms with Crippen molar-refractivity contribution < 1.29 is 13.2 Å². The first-order valence-electron chi connectivity index (χ1n) is 8.50. The van der Waals surface area contributed by atoms with Crippen molar-refractivity contribution in [1.29, 1.82) is 0 Å². The van der Waals surface area contributed by atoms with Crippen LogP contribution in [0.15, 0.2) is 46.0 Å². The number of thiazole rings is 1. The normalized spacial score (nSPS) is 12.1. The average molecular weight is 436 g/mol. The quantitative estimate of drug-likeness (QED) is 0.617. The van der Waals surface area contributed by atoms with Gasteiger partial charge in [-0.2, -0.15) is 11.3 Å². The molecule has 0 aliphatic heterocycles. The molecule has 0 radical (unpaired) electrons. The summed E-state index contributed by atoms with van der Waals surface area (Å²) in [6, 6.07) is 8.16. The minimum Gasteiger partial charge on any atom is -0.321 e. The molecule has 28 heavy (non-hydrogen) atoms. The minimum absolute atomic E-state index is 0.0974. The van der Waals surface area contributed by atoms with E-state index in [1.54, 1.807) is 51.2 Å². The maximum absolute atomic E-state index is 12.7. The lowest BCUT2D eigenvalue weighted by Gasteiger charge is -2.20. The molecule has 6 nitrogen and oxygen atoms in total. The predicted molar refractivity (Wildman–Crippen MR) is 115 cm³/mol. The maximum Gasteiger partial charge on any atom is 0.267 e. The molecule has 3 aromatic rings. The Kier molecular flexibility index (Phi) is 5.72. The number of benzene rings is 1. The Hall–Kier alpha value is -2.07. The van der Waals surface area contributed by atoms with Crippen LogP contribution in [0.3, 0.4) is 0 Å². The lowest BCUT2D eigenvalue weighted by molar-refractivity contribution is 0.102. The smallest absolute Gasteiger partial charge is 0.267 e. The second kappa shape index (κ2) is 7.75. The highest BCUT2D eigenvalue weighted by atomic mass is 32.2. The highest BCUT2D eigenvalue weighted by Crippen LogP contribution is 2.30. The van der Waals surface area contributed by atoms with E-state index in [4.69, 9.17) is 0 Å². The van der Waals surface area contributed by atoms with Gasteiger partial charge in [0.1, 0.15) is 9.88 Å². The summed E-state index contributed by atoms with van der Waals surface area (Å²) >= 11 is 2.89. The molecule has 0 fully saturated rings. The molecule has 0 aliphatic carbocycles. The van der Waals surface area contributed by atoms with E-state index in [1.165, 1.54) is 23.5 Å². The van der Waals surface area contributed by atoms with Crippen molar-refractivity contribution >= 4 is 44.3 Å². The van der Waals surface area contributed by atoms with E-state index < -0.39 is 15.6 Å². The van der Waals surface area contributed by atoms with Gasteiger partial charge in [-0.25, -0.2) is 18.1 Å². The highest BCUT2D eigenvalue weighted by Gasteiger charge is 2.23. The fraction of sp³-hybridized carbons (Fsp3) is 0.263. The number of aryl methyl sites for hydroxylation is 1. The van der Waals surface area contributed by atoms with Crippen molar-refractivity contribution in [2.75, 3.05) is 5.32 Å². The van der Waals surface area contributed by atoms with Crippen LogP contribution in [0.25, 0.3) is 10.6 Å². The second-order valence-corrected chi connectivity index (χ2v) is 10.7. The van der Waals surface area contributed by atoms with E-state index in [0.29, 0.717) is 16.3 Å². The third-order valence-corrected chi connectivity index (χ3v) is 7.26. The van der Waals surface area contributed by atoms with Gasteiger partial charge in [-0.05, 0) is 57.3 Å². The van der Waals surface area contributed by atoms with Gasteiger partial charge in [-0.3, -0.25) is 4.79 Å².